The summed E-state index contributed by atoms with van der Waals surface area (Å²) in [6.45, 7) is 0. The summed E-state index contributed by atoms with van der Waals surface area (Å²) >= 11 is 0. The number of carbonyl (C=O) groups is 2. The normalized spacial score (nSPS) is 19.3. The Balaban J connectivity index is 0.000001000. The van der Waals surface area contributed by atoms with Crippen LogP contribution in [0.15, 0.2) is 0 Å². The summed E-state index contributed by atoms with van der Waals surface area (Å²) in [7, 11) is 0. The van der Waals surface area contributed by atoms with Crippen LogP contribution in [0.25, 0.3) is 0 Å². The zero-order valence-corrected chi connectivity index (χ0v) is 6.04. The number of rotatable bonds is 2. The van der Waals surface area contributed by atoms with Gasteiger partial charge in [-0.15, -0.1) is 0 Å². The molecule has 1 aliphatic rings. The molecule has 0 aromatic rings. The monoisotopic (exact) mass is 161 g/mol. The molecule has 5 N–H and O–H groups in total. The van der Waals surface area contributed by atoms with Crippen molar-refractivity contribution in [1.29, 1.82) is 0 Å². The lowest BCUT2D eigenvalue weighted by atomic mass is 9.69. The minimum Gasteiger partial charge on any atom is -0.480 e. The Labute approximate surface area is 63.6 Å². The van der Waals surface area contributed by atoms with Crippen molar-refractivity contribution >= 4 is 11.9 Å². The van der Waals surface area contributed by atoms with Gasteiger partial charge in [0.15, 0.2) is 5.41 Å². The molecule has 0 aromatic heterocycles. The highest BCUT2D eigenvalue weighted by molar-refractivity contribution is 5.99. The minimum absolute atomic E-state index is 0. The van der Waals surface area contributed by atoms with E-state index in [-0.39, 0.29) is 19.0 Å². The first-order valence-electron chi connectivity index (χ1n) is 3.06. The first-order valence-corrected chi connectivity index (χ1v) is 3.06. The van der Waals surface area contributed by atoms with E-state index in [0.29, 0.717) is 6.42 Å². The van der Waals surface area contributed by atoms with Gasteiger partial charge in [-0.1, -0.05) is 0 Å². The van der Waals surface area contributed by atoms with Gasteiger partial charge in [0, 0.05) is 0 Å². The Morgan fingerprint density at radius 3 is 1.45 bits per heavy atom. The molecule has 1 fully saturated rings. The molecule has 0 saturated heterocycles. The van der Waals surface area contributed by atoms with Gasteiger partial charge in [0.2, 0.25) is 0 Å². The van der Waals surface area contributed by atoms with E-state index in [2.05, 4.69) is 0 Å². The van der Waals surface area contributed by atoms with E-state index in [9.17, 15) is 9.59 Å². The maximum atomic E-state index is 10.4. The van der Waals surface area contributed by atoms with Crippen molar-refractivity contribution in [2.24, 2.45) is 5.41 Å². The number of carboxylic acid groups (broad SMARTS) is 2. The van der Waals surface area contributed by atoms with Crippen LogP contribution in [0.1, 0.15) is 19.3 Å². The van der Waals surface area contributed by atoms with E-state index < -0.39 is 17.4 Å². The van der Waals surface area contributed by atoms with Crippen molar-refractivity contribution in [3.05, 3.63) is 0 Å². The van der Waals surface area contributed by atoms with Crippen molar-refractivity contribution in [3.63, 3.8) is 0 Å². The van der Waals surface area contributed by atoms with Crippen LogP contribution >= 0.6 is 0 Å². The van der Waals surface area contributed by atoms with E-state index >= 15 is 0 Å². The Kier molecular flexibility index (Phi) is 2.59. The van der Waals surface area contributed by atoms with Gasteiger partial charge in [0.05, 0.1) is 0 Å². The fourth-order valence-electron chi connectivity index (χ4n) is 1.05. The molecule has 1 rings (SSSR count). The molecule has 0 radical (unpaired) electrons. The van der Waals surface area contributed by atoms with E-state index in [4.69, 9.17) is 10.2 Å². The second-order valence-electron chi connectivity index (χ2n) is 2.55. The topological polar surface area (TPSA) is 110 Å². The summed E-state index contributed by atoms with van der Waals surface area (Å²) in [5.41, 5.74) is -1.44. The molecule has 5 heteroatoms. The number of aliphatic carboxylic acids is 2. The molecule has 1 saturated carbocycles. The zero-order valence-electron chi connectivity index (χ0n) is 6.04. The molecule has 0 aliphatic heterocycles. The Hall–Kier alpha value is -1.10. The molecule has 0 aromatic carbocycles. The Morgan fingerprint density at radius 2 is 1.45 bits per heavy atom. The molecule has 1 aliphatic carbocycles. The average molecular weight is 161 g/mol. The van der Waals surface area contributed by atoms with Gasteiger partial charge in [-0.05, 0) is 19.3 Å². The lowest BCUT2D eigenvalue weighted by Gasteiger charge is -2.32. The predicted molar refractivity (Wildman–Crippen MR) is 36.6 cm³/mol. The third kappa shape index (κ3) is 1.19. The molecule has 11 heavy (non-hydrogen) atoms. The maximum Gasteiger partial charge on any atom is 0.321 e. The van der Waals surface area contributed by atoms with Crippen LogP contribution in [0, 0.1) is 5.41 Å². The SMILES string of the molecule is N.O=C(O)C1(C(=O)O)CCC1. The Morgan fingerprint density at radius 1 is 1.09 bits per heavy atom. The van der Waals surface area contributed by atoms with Gasteiger partial charge in [0.1, 0.15) is 0 Å². The van der Waals surface area contributed by atoms with Gasteiger partial charge in [-0.3, -0.25) is 9.59 Å². The van der Waals surface area contributed by atoms with Gasteiger partial charge in [-0.25, -0.2) is 0 Å². The third-order valence-corrected chi connectivity index (χ3v) is 2.03. The quantitative estimate of drug-likeness (QED) is 0.510. The van der Waals surface area contributed by atoms with E-state index in [1.807, 2.05) is 0 Å². The third-order valence-electron chi connectivity index (χ3n) is 2.03. The van der Waals surface area contributed by atoms with Gasteiger partial charge >= 0.3 is 11.9 Å². The Bertz CT molecular complexity index is 169. The summed E-state index contributed by atoms with van der Waals surface area (Å²) in [6.07, 6.45) is 1.26. The maximum absolute atomic E-state index is 10.4. The van der Waals surface area contributed by atoms with E-state index in [0.717, 1.165) is 0 Å². The lowest BCUT2D eigenvalue weighted by molar-refractivity contribution is -0.171. The van der Waals surface area contributed by atoms with Crippen molar-refractivity contribution in [1.82, 2.24) is 6.15 Å². The van der Waals surface area contributed by atoms with Crippen LogP contribution in [-0.2, 0) is 9.59 Å². The highest BCUT2D eigenvalue weighted by Crippen LogP contribution is 2.41. The average Bonchev–Trinajstić information content (AvgIpc) is 1.57. The summed E-state index contributed by atoms with van der Waals surface area (Å²) in [4.78, 5) is 20.7. The predicted octanol–water partition coefficient (Wildman–Crippen LogP) is 0.488. The van der Waals surface area contributed by atoms with Crippen molar-refractivity contribution in [2.75, 3.05) is 0 Å². The highest BCUT2D eigenvalue weighted by atomic mass is 16.4. The standard InChI is InChI=1S/C6H8O4.H3N/c7-4(8)6(5(9)10)2-1-3-6;/h1-3H2,(H,7,8)(H,9,10);1H3. The zero-order chi connectivity index (χ0) is 7.78. The van der Waals surface area contributed by atoms with Gasteiger partial charge < -0.3 is 16.4 Å². The van der Waals surface area contributed by atoms with Crippen molar-refractivity contribution in [2.45, 2.75) is 19.3 Å². The van der Waals surface area contributed by atoms with Gasteiger partial charge in [-0.2, -0.15) is 0 Å². The lowest BCUT2D eigenvalue weighted by Crippen LogP contribution is -2.44. The van der Waals surface area contributed by atoms with Crippen LogP contribution in [0.3, 0.4) is 0 Å². The molecule has 64 valence electrons. The summed E-state index contributed by atoms with van der Waals surface area (Å²) in [5.74, 6) is -2.41. The number of hydrogen-bond donors (Lipinski definition) is 3. The molecule has 0 unspecified atom stereocenters. The minimum atomic E-state index is -1.44. The fraction of sp³-hybridized carbons (Fsp3) is 0.667. The van der Waals surface area contributed by atoms with Crippen LogP contribution in [0.5, 0.6) is 0 Å². The summed E-state index contributed by atoms with van der Waals surface area (Å²) < 4.78 is 0. The summed E-state index contributed by atoms with van der Waals surface area (Å²) in [6, 6.07) is 0. The first-order chi connectivity index (χ1) is 4.59. The highest BCUT2D eigenvalue weighted by Gasteiger charge is 2.51. The van der Waals surface area contributed by atoms with Crippen LogP contribution in [0.4, 0.5) is 0 Å². The number of hydrogen-bond acceptors (Lipinski definition) is 3. The van der Waals surface area contributed by atoms with Gasteiger partial charge in [0.25, 0.3) is 0 Å². The largest absolute Gasteiger partial charge is 0.480 e. The molecule has 0 amide bonds. The fourth-order valence-corrected chi connectivity index (χ4v) is 1.05. The van der Waals surface area contributed by atoms with Crippen molar-refractivity contribution < 1.29 is 19.8 Å². The first kappa shape index (κ1) is 9.90. The molecular weight excluding hydrogens is 150 g/mol. The molecule has 5 nitrogen and oxygen atoms in total. The smallest absolute Gasteiger partial charge is 0.321 e. The van der Waals surface area contributed by atoms with Crippen LogP contribution < -0.4 is 6.15 Å². The molecule has 0 bridgehead atoms. The number of carboxylic acids is 2. The summed E-state index contributed by atoms with van der Waals surface area (Å²) in [5, 5.41) is 16.9. The second kappa shape index (κ2) is 2.87. The molecule has 0 atom stereocenters. The second-order valence-corrected chi connectivity index (χ2v) is 2.55. The van der Waals surface area contributed by atoms with Crippen LogP contribution in [0.2, 0.25) is 0 Å². The van der Waals surface area contributed by atoms with Crippen molar-refractivity contribution in [3.8, 4) is 0 Å². The molecule has 0 heterocycles. The van der Waals surface area contributed by atoms with Crippen LogP contribution in [-0.4, -0.2) is 22.2 Å². The van der Waals surface area contributed by atoms with E-state index in [1.54, 1.807) is 0 Å². The molecular formula is C6H11NO4. The van der Waals surface area contributed by atoms with E-state index in [1.165, 1.54) is 0 Å². The molecule has 0 spiro atoms.